The number of rotatable bonds is 6. The summed E-state index contributed by atoms with van der Waals surface area (Å²) in [6.07, 6.45) is 1.29. The molecule has 0 saturated carbocycles. The van der Waals surface area contributed by atoms with E-state index < -0.39 is 11.2 Å². The van der Waals surface area contributed by atoms with Gasteiger partial charge in [0.15, 0.2) is 5.17 Å². The zero-order valence-corrected chi connectivity index (χ0v) is 16.2. The van der Waals surface area contributed by atoms with Crippen LogP contribution in [0, 0.1) is 6.92 Å². The summed E-state index contributed by atoms with van der Waals surface area (Å²) in [6.45, 7) is 1.95. The summed E-state index contributed by atoms with van der Waals surface area (Å²) in [7, 11) is 1.59. The number of benzene rings is 2. The van der Waals surface area contributed by atoms with Gasteiger partial charge in [-0.25, -0.2) is 0 Å². The molecule has 144 valence electrons. The third-order valence-corrected chi connectivity index (χ3v) is 5.18. The average molecular weight is 397 g/mol. The van der Waals surface area contributed by atoms with Gasteiger partial charge in [0.2, 0.25) is 5.91 Å². The van der Waals surface area contributed by atoms with Gasteiger partial charge in [-0.2, -0.15) is 5.10 Å². The molecule has 2 aromatic rings. The number of carbonyl (C=O) groups is 2. The smallest absolute Gasteiger partial charge is 0.305 e. The van der Waals surface area contributed by atoms with Crippen molar-refractivity contribution in [2.75, 3.05) is 12.0 Å². The zero-order chi connectivity index (χ0) is 20.1. The standard InChI is InChI=1S/C20H19N3O4S/c1-13-3-7-15(8-4-13)23-19(26)17(11-18(24)25)28-20(23)22-21-12-14-5-9-16(27-2)10-6-14/h3-10,12,17H,11H2,1-2H3,(H,24,25)/b21-12-,22-20+/t17-/m0/s1. The van der Waals surface area contributed by atoms with Crippen molar-refractivity contribution in [3.63, 3.8) is 0 Å². The number of amides is 1. The third kappa shape index (κ3) is 4.58. The number of aryl methyl sites for hydroxylation is 1. The Labute approximate surface area is 166 Å². The molecule has 1 amide bonds. The topological polar surface area (TPSA) is 91.6 Å². The summed E-state index contributed by atoms with van der Waals surface area (Å²) in [5.41, 5.74) is 2.51. The summed E-state index contributed by atoms with van der Waals surface area (Å²) in [5, 5.41) is 17.0. The van der Waals surface area contributed by atoms with Gasteiger partial charge in [-0.05, 0) is 48.9 Å². The van der Waals surface area contributed by atoms with Crippen LogP contribution in [-0.4, -0.2) is 40.7 Å². The highest BCUT2D eigenvalue weighted by Crippen LogP contribution is 2.33. The van der Waals surface area contributed by atoms with Crippen LogP contribution < -0.4 is 9.64 Å². The number of thioether (sulfide) groups is 1. The molecule has 0 unspecified atom stereocenters. The maximum atomic E-state index is 12.7. The van der Waals surface area contributed by atoms with Crippen LogP contribution in [0.2, 0.25) is 0 Å². The highest BCUT2D eigenvalue weighted by atomic mass is 32.2. The largest absolute Gasteiger partial charge is 0.497 e. The molecule has 1 atom stereocenters. The van der Waals surface area contributed by atoms with Crippen molar-refractivity contribution in [1.82, 2.24) is 0 Å². The summed E-state index contributed by atoms with van der Waals surface area (Å²) in [5.74, 6) is -0.602. The molecule has 28 heavy (non-hydrogen) atoms. The van der Waals surface area contributed by atoms with Crippen molar-refractivity contribution in [2.24, 2.45) is 10.2 Å². The molecule has 1 fully saturated rings. The number of amidine groups is 1. The van der Waals surface area contributed by atoms with Gasteiger partial charge in [0.05, 0.1) is 25.4 Å². The number of nitrogens with zero attached hydrogens (tertiary/aromatic N) is 3. The van der Waals surface area contributed by atoms with Crippen LogP contribution in [0.15, 0.2) is 58.7 Å². The second-order valence-corrected chi connectivity index (χ2v) is 7.28. The fourth-order valence-electron chi connectivity index (χ4n) is 2.59. The Hall–Kier alpha value is -3.13. The molecule has 1 aliphatic heterocycles. The van der Waals surface area contributed by atoms with Crippen molar-refractivity contribution in [1.29, 1.82) is 0 Å². The Morgan fingerprint density at radius 2 is 1.89 bits per heavy atom. The van der Waals surface area contributed by atoms with E-state index in [9.17, 15) is 9.59 Å². The van der Waals surface area contributed by atoms with Crippen LogP contribution in [0.5, 0.6) is 5.75 Å². The molecule has 0 bridgehead atoms. The summed E-state index contributed by atoms with van der Waals surface area (Å²) in [4.78, 5) is 25.2. The van der Waals surface area contributed by atoms with Crippen LogP contribution in [0.3, 0.4) is 0 Å². The number of ether oxygens (including phenoxy) is 1. The normalized spacial score (nSPS) is 18.2. The van der Waals surface area contributed by atoms with Gasteiger partial charge in [-0.3, -0.25) is 14.5 Å². The molecule has 1 N–H and O–H groups in total. The average Bonchev–Trinajstić information content (AvgIpc) is 2.98. The van der Waals surface area contributed by atoms with Crippen LogP contribution >= 0.6 is 11.8 Å². The first kappa shape index (κ1) is 19.6. The van der Waals surface area contributed by atoms with E-state index in [4.69, 9.17) is 9.84 Å². The number of carboxylic acids is 1. The summed E-state index contributed by atoms with van der Waals surface area (Å²) >= 11 is 1.11. The molecule has 1 saturated heterocycles. The van der Waals surface area contributed by atoms with Gasteiger partial charge in [0.25, 0.3) is 0 Å². The minimum Gasteiger partial charge on any atom is -0.497 e. The number of aliphatic carboxylic acids is 1. The first-order chi connectivity index (χ1) is 13.5. The molecule has 7 nitrogen and oxygen atoms in total. The van der Waals surface area contributed by atoms with E-state index in [0.29, 0.717) is 10.9 Å². The second-order valence-electron chi connectivity index (χ2n) is 6.11. The molecule has 0 spiro atoms. The maximum absolute atomic E-state index is 12.7. The van der Waals surface area contributed by atoms with E-state index in [0.717, 1.165) is 28.6 Å². The zero-order valence-electron chi connectivity index (χ0n) is 15.4. The van der Waals surface area contributed by atoms with Gasteiger partial charge in [0, 0.05) is 0 Å². The Morgan fingerprint density at radius 3 is 2.50 bits per heavy atom. The van der Waals surface area contributed by atoms with Gasteiger partial charge in [-0.15, -0.1) is 5.10 Å². The van der Waals surface area contributed by atoms with Crippen LogP contribution in [0.4, 0.5) is 5.69 Å². The van der Waals surface area contributed by atoms with Crippen molar-refractivity contribution in [3.8, 4) is 5.75 Å². The van der Waals surface area contributed by atoms with E-state index in [1.54, 1.807) is 25.5 Å². The number of anilines is 1. The molecule has 8 heteroatoms. The van der Waals surface area contributed by atoms with Crippen LogP contribution in [0.1, 0.15) is 17.5 Å². The Bertz CT molecular complexity index is 923. The Balaban J connectivity index is 1.86. The third-order valence-electron chi connectivity index (χ3n) is 4.05. The predicted octanol–water partition coefficient (Wildman–Crippen LogP) is 3.32. The lowest BCUT2D eigenvalue weighted by molar-refractivity contribution is -0.138. The SMILES string of the molecule is COc1ccc(/C=N\N=C2\S[C@@H](CC(=O)O)C(=O)N2c2ccc(C)cc2)cc1. The Morgan fingerprint density at radius 1 is 1.21 bits per heavy atom. The Kier molecular flexibility index (Phi) is 6.10. The van der Waals surface area contributed by atoms with E-state index in [-0.39, 0.29) is 12.3 Å². The molecule has 0 aromatic heterocycles. The number of methoxy groups -OCH3 is 1. The van der Waals surface area contributed by atoms with E-state index in [1.165, 1.54) is 4.90 Å². The number of hydrogen-bond donors (Lipinski definition) is 1. The van der Waals surface area contributed by atoms with E-state index in [1.807, 2.05) is 43.3 Å². The molecule has 2 aromatic carbocycles. The lowest BCUT2D eigenvalue weighted by atomic mass is 10.2. The minimum absolute atomic E-state index is 0.271. The van der Waals surface area contributed by atoms with Crippen molar-refractivity contribution in [3.05, 3.63) is 59.7 Å². The van der Waals surface area contributed by atoms with Gasteiger partial charge < -0.3 is 9.84 Å². The van der Waals surface area contributed by atoms with E-state index >= 15 is 0 Å². The quantitative estimate of drug-likeness (QED) is 0.596. The van der Waals surface area contributed by atoms with Gasteiger partial charge in [-0.1, -0.05) is 29.5 Å². The molecule has 3 rings (SSSR count). The molecule has 1 heterocycles. The summed E-state index contributed by atoms with van der Waals surface area (Å²) in [6, 6.07) is 14.7. The monoisotopic (exact) mass is 397 g/mol. The maximum Gasteiger partial charge on any atom is 0.305 e. The number of carbonyl (C=O) groups excluding carboxylic acids is 1. The van der Waals surface area contributed by atoms with Gasteiger partial charge >= 0.3 is 5.97 Å². The molecular formula is C20H19N3O4S. The summed E-state index contributed by atoms with van der Waals surface area (Å²) < 4.78 is 5.11. The lowest BCUT2D eigenvalue weighted by Gasteiger charge is -2.15. The molecular weight excluding hydrogens is 378 g/mol. The second kappa shape index (κ2) is 8.71. The molecule has 1 aliphatic rings. The van der Waals surface area contributed by atoms with Gasteiger partial charge in [0.1, 0.15) is 11.0 Å². The first-order valence-corrected chi connectivity index (χ1v) is 9.40. The minimum atomic E-state index is -1.03. The van der Waals surface area contributed by atoms with Crippen LogP contribution in [-0.2, 0) is 9.59 Å². The van der Waals surface area contributed by atoms with Crippen molar-refractivity contribution in [2.45, 2.75) is 18.6 Å². The molecule has 0 aliphatic carbocycles. The fraction of sp³-hybridized carbons (Fsp3) is 0.200. The lowest BCUT2D eigenvalue weighted by Crippen LogP contribution is -2.32. The number of hydrogen-bond acceptors (Lipinski definition) is 6. The van der Waals surface area contributed by atoms with Crippen molar-refractivity contribution < 1.29 is 19.4 Å². The first-order valence-electron chi connectivity index (χ1n) is 8.52. The fourth-order valence-corrected chi connectivity index (χ4v) is 3.67. The molecule has 0 radical (unpaired) electrons. The highest BCUT2D eigenvalue weighted by Gasteiger charge is 2.40. The number of carboxylic acid groups (broad SMARTS) is 1. The predicted molar refractivity (Wildman–Crippen MR) is 110 cm³/mol. The van der Waals surface area contributed by atoms with E-state index in [2.05, 4.69) is 10.2 Å². The highest BCUT2D eigenvalue weighted by molar-refractivity contribution is 8.16. The van der Waals surface area contributed by atoms with Crippen LogP contribution in [0.25, 0.3) is 0 Å². The van der Waals surface area contributed by atoms with Crippen molar-refractivity contribution >= 4 is 40.7 Å².